The van der Waals surface area contributed by atoms with Gasteiger partial charge in [0.1, 0.15) is 35.2 Å². The van der Waals surface area contributed by atoms with E-state index in [0.717, 1.165) is 10.9 Å². The molecule has 1 aliphatic rings. The molecule has 51 heavy (non-hydrogen) atoms. The zero-order chi connectivity index (χ0) is 35.7. The molecule has 0 saturated heterocycles. The van der Waals surface area contributed by atoms with E-state index in [1.54, 1.807) is 54.5 Å². The molecule has 14 heteroatoms. The van der Waals surface area contributed by atoms with Gasteiger partial charge in [0.2, 0.25) is 0 Å². The molecule has 0 fully saturated rings. The van der Waals surface area contributed by atoms with Gasteiger partial charge in [0, 0.05) is 46.1 Å². The molecule has 5 aromatic rings. The number of aromatic hydroxyl groups is 1. The van der Waals surface area contributed by atoms with Gasteiger partial charge in [0.15, 0.2) is 0 Å². The number of aliphatic hydroxyl groups is 1. The van der Waals surface area contributed by atoms with E-state index < -0.39 is 0 Å². The summed E-state index contributed by atoms with van der Waals surface area (Å²) in [5, 5.41) is 24.4. The lowest BCUT2D eigenvalue weighted by Gasteiger charge is -2.18. The number of alkyl halides is 1. The normalized spacial score (nSPS) is 13.9. The smallest absolute Gasteiger partial charge is 0.274 e. The highest BCUT2D eigenvalue weighted by molar-refractivity contribution is 6.19. The number of aliphatic hydroxyl groups excluding tert-OH is 1. The summed E-state index contributed by atoms with van der Waals surface area (Å²) in [4.78, 5) is 36.0. The van der Waals surface area contributed by atoms with Gasteiger partial charge in [0.05, 0.1) is 70.9 Å². The van der Waals surface area contributed by atoms with Gasteiger partial charge in [-0.25, -0.2) is 4.98 Å². The Hall–Kier alpha value is -4.92. The molecule has 268 valence electrons. The third-order valence-corrected chi connectivity index (χ3v) is 8.80. The van der Waals surface area contributed by atoms with E-state index in [1.807, 2.05) is 18.2 Å². The van der Waals surface area contributed by atoms with Crippen molar-refractivity contribution in [1.29, 1.82) is 0 Å². The summed E-state index contributed by atoms with van der Waals surface area (Å²) in [5.74, 6) is 0.701. The number of nitrogens with one attached hydrogen (secondary N) is 2. The summed E-state index contributed by atoms with van der Waals surface area (Å²) in [6, 6.07) is 17.2. The number of ether oxygens (including phenoxy) is 5. The largest absolute Gasteiger partial charge is 0.507 e. The maximum absolute atomic E-state index is 13.9. The van der Waals surface area contributed by atoms with Gasteiger partial charge in [0.25, 0.3) is 11.8 Å². The second-order valence-electron chi connectivity index (χ2n) is 11.7. The van der Waals surface area contributed by atoms with Crippen molar-refractivity contribution in [3.05, 3.63) is 83.7 Å². The Labute approximate surface area is 299 Å². The Morgan fingerprint density at radius 3 is 2.41 bits per heavy atom. The van der Waals surface area contributed by atoms with Crippen LogP contribution in [-0.2, 0) is 14.2 Å². The molecule has 1 aliphatic heterocycles. The summed E-state index contributed by atoms with van der Waals surface area (Å²) in [5.41, 5.74) is 3.10. The lowest BCUT2D eigenvalue weighted by molar-refractivity contribution is 0.00361. The fourth-order valence-electron chi connectivity index (χ4n) is 6.05. The molecular weight excluding hydrogens is 680 g/mol. The minimum Gasteiger partial charge on any atom is -0.507 e. The number of phenols is 1. The van der Waals surface area contributed by atoms with Crippen LogP contribution in [-0.4, -0.2) is 104 Å². The summed E-state index contributed by atoms with van der Waals surface area (Å²) >= 11 is 6.40. The Morgan fingerprint density at radius 1 is 0.980 bits per heavy atom. The maximum atomic E-state index is 13.9. The van der Waals surface area contributed by atoms with Crippen molar-refractivity contribution in [3.63, 3.8) is 0 Å². The molecule has 2 aromatic heterocycles. The maximum Gasteiger partial charge on any atom is 0.274 e. The van der Waals surface area contributed by atoms with E-state index in [0.29, 0.717) is 103 Å². The van der Waals surface area contributed by atoms with Crippen LogP contribution >= 0.6 is 11.6 Å². The average molecular weight is 719 g/mol. The van der Waals surface area contributed by atoms with Crippen LogP contribution in [0.25, 0.3) is 21.8 Å². The Morgan fingerprint density at radius 2 is 1.71 bits per heavy atom. The quantitative estimate of drug-likeness (QED) is 0.0752. The number of aromatic amines is 1. The van der Waals surface area contributed by atoms with Gasteiger partial charge in [-0.15, -0.1) is 11.6 Å². The number of H-pyrrole nitrogens is 1. The van der Waals surface area contributed by atoms with Crippen molar-refractivity contribution in [2.24, 2.45) is 0 Å². The third-order valence-electron chi connectivity index (χ3n) is 8.43. The van der Waals surface area contributed by atoms with E-state index in [2.05, 4.69) is 15.3 Å². The fraction of sp³-hybridized carbons (Fsp3) is 0.324. The summed E-state index contributed by atoms with van der Waals surface area (Å²) < 4.78 is 27.3. The fourth-order valence-corrected chi connectivity index (χ4v) is 6.30. The number of fused-ring (bicyclic) bond motifs is 4. The average Bonchev–Trinajstić information content (AvgIpc) is 3.75. The first kappa shape index (κ1) is 35.9. The molecule has 3 aromatic carbocycles. The van der Waals surface area contributed by atoms with Crippen LogP contribution < -0.4 is 19.7 Å². The highest BCUT2D eigenvalue weighted by Gasteiger charge is 2.36. The molecule has 3 heterocycles. The number of nitrogens with zero attached hydrogens (tertiary/aromatic N) is 2. The molecule has 0 aliphatic carbocycles. The summed E-state index contributed by atoms with van der Waals surface area (Å²) in [6.45, 7) is 3.05. The number of hydrogen-bond donors (Lipinski definition) is 4. The van der Waals surface area contributed by atoms with Crippen LogP contribution in [0.4, 0.5) is 11.4 Å². The van der Waals surface area contributed by atoms with Crippen molar-refractivity contribution in [2.75, 3.05) is 82.6 Å². The van der Waals surface area contributed by atoms with Gasteiger partial charge in [-0.1, -0.05) is 12.1 Å². The molecule has 6 rings (SSSR count). The molecule has 4 N–H and O–H groups in total. The molecule has 0 bridgehead atoms. The number of rotatable bonds is 17. The number of benzene rings is 3. The highest BCUT2D eigenvalue weighted by Crippen LogP contribution is 2.48. The van der Waals surface area contributed by atoms with E-state index in [-0.39, 0.29) is 36.0 Å². The number of halogens is 1. The van der Waals surface area contributed by atoms with Crippen LogP contribution in [0.15, 0.2) is 66.9 Å². The molecule has 13 nitrogen and oxygen atoms in total. The van der Waals surface area contributed by atoms with Gasteiger partial charge >= 0.3 is 0 Å². The summed E-state index contributed by atoms with van der Waals surface area (Å²) in [6.07, 6.45) is 1.52. The number of hydrogen-bond acceptors (Lipinski definition) is 10. The third kappa shape index (κ3) is 8.19. The lowest BCUT2D eigenvalue weighted by atomic mass is 9.94. The first-order chi connectivity index (χ1) is 24.9. The van der Waals surface area contributed by atoms with Crippen molar-refractivity contribution in [3.8, 4) is 17.2 Å². The van der Waals surface area contributed by atoms with Gasteiger partial charge < -0.3 is 49.1 Å². The van der Waals surface area contributed by atoms with Crippen molar-refractivity contribution >= 4 is 56.6 Å². The molecule has 0 saturated carbocycles. The number of anilines is 2. The Balaban J connectivity index is 1.05. The van der Waals surface area contributed by atoms with Crippen LogP contribution in [0, 0.1) is 0 Å². The number of carbonyl (C=O) groups is 2. The second-order valence-corrected chi connectivity index (χ2v) is 12.0. The first-order valence-electron chi connectivity index (χ1n) is 16.5. The molecule has 0 radical (unpaired) electrons. The van der Waals surface area contributed by atoms with Crippen LogP contribution in [0.1, 0.15) is 32.3 Å². The second kappa shape index (κ2) is 16.9. The standard InChI is InChI=1S/C37H39ClN4O9/c1-47-32-4-2-3-28-31(44)19-30-33(34(28)32)25(20-38)22-42(30)37(46)29-18-24-17-26(21-39-35(24)41-29)40-36(45)23-5-7-27(8-6-23)51-16-15-50-14-13-49-12-11-48-10-9-43/h2-8,17-19,21,25,43-44H,9-16,20,22H2,1H3,(H,39,41)(H,40,45)/t25-/m1/s1. The first-order valence-corrected chi connectivity index (χ1v) is 17.0. The van der Waals surface area contributed by atoms with Gasteiger partial charge in [-0.2, -0.15) is 0 Å². The van der Waals surface area contributed by atoms with Crippen LogP contribution in [0.5, 0.6) is 17.2 Å². The SMILES string of the molecule is COc1cccc2c(O)cc3c(c12)[C@H](CCl)CN3C(=O)c1cc2cc(NC(=O)c3ccc(OCCOCCOCCOCCO)cc3)cnc2[nH]1. The zero-order valence-corrected chi connectivity index (χ0v) is 28.8. The minimum absolute atomic E-state index is 0.00798. The molecule has 0 unspecified atom stereocenters. The van der Waals surface area contributed by atoms with Crippen molar-refractivity contribution in [1.82, 2.24) is 9.97 Å². The van der Waals surface area contributed by atoms with Gasteiger partial charge in [-0.3, -0.25) is 9.59 Å². The summed E-state index contributed by atoms with van der Waals surface area (Å²) in [7, 11) is 1.57. The van der Waals surface area contributed by atoms with Crippen LogP contribution in [0.2, 0.25) is 0 Å². The van der Waals surface area contributed by atoms with Crippen molar-refractivity contribution < 1.29 is 43.5 Å². The molecule has 0 spiro atoms. The number of amides is 2. The number of phenolic OH excluding ortho intramolecular Hbond substituents is 1. The Bertz CT molecular complexity index is 1990. The molecular formula is C37H39ClN4O9. The van der Waals surface area contributed by atoms with Crippen molar-refractivity contribution in [2.45, 2.75) is 5.92 Å². The molecule has 1 atom stereocenters. The van der Waals surface area contributed by atoms with E-state index in [1.165, 1.54) is 6.20 Å². The lowest BCUT2D eigenvalue weighted by Crippen LogP contribution is -2.30. The monoisotopic (exact) mass is 718 g/mol. The van der Waals surface area contributed by atoms with E-state index in [9.17, 15) is 14.7 Å². The predicted molar refractivity (Wildman–Crippen MR) is 193 cm³/mol. The van der Waals surface area contributed by atoms with Crippen LogP contribution in [0.3, 0.4) is 0 Å². The van der Waals surface area contributed by atoms with E-state index >= 15 is 0 Å². The number of pyridine rings is 1. The molecule has 2 amide bonds. The topological polar surface area (TPSA) is 165 Å². The number of carbonyl (C=O) groups excluding carboxylic acids is 2. The highest BCUT2D eigenvalue weighted by atomic mass is 35.5. The predicted octanol–water partition coefficient (Wildman–Crippen LogP) is 5.09. The zero-order valence-electron chi connectivity index (χ0n) is 28.0. The number of methoxy groups -OCH3 is 1. The van der Waals surface area contributed by atoms with Gasteiger partial charge in [-0.05, 0) is 48.0 Å². The van der Waals surface area contributed by atoms with E-state index in [4.69, 9.17) is 40.4 Å². The Kier molecular flexibility index (Phi) is 11.9. The number of aromatic nitrogens is 2. The minimum atomic E-state index is -0.331.